The molecule has 104 valence electrons. The fraction of sp³-hybridized carbons (Fsp3) is 0.583. The van der Waals surface area contributed by atoms with Gasteiger partial charge in [0.25, 0.3) is 0 Å². The van der Waals surface area contributed by atoms with Gasteiger partial charge >= 0.3 is 18.9 Å². The maximum Gasteiger partial charge on any atom is 1.00 e. The second-order valence-electron chi connectivity index (χ2n) is 4.71. The van der Waals surface area contributed by atoms with E-state index >= 15 is 0 Å². The standard InChI is InChI=1S/C12H17N3O3S.Li/c1-8(16)14-12-13-5-10(19-12)7-15-4-2-3-9(6-15)11(17)18;/h5,9H,2-4,6-7H2,1H3,(H,17,18)(H,13,14,16);/q;+1/p-1. The summed E-state index contributed by atoms with van der Waals surface area (Å²) in [6.45, 7) is 3.52. The smallest absolute Gasteiger partial charge is 0.550 e. The molecule has 1 aromatic rings. The van der Waals surface area contributed by atoms with Crippen LogP contribution in [-0.4, -0.2) is 34.8 Å². The van der Waals surface area contributed by atoms with Crippen LogP contribution < -0.4 is 29.3 Å². The molecule has 1 saturated heterocycles. The van der Waals surface area contributed by atoms with Crippen molar-refractivity contribution < 1.29 is 33.6 Å². The van der Waals surface area contributed by atoms with Gasteiger partial charge in [-0.25, -0.2) is 4.98 Å². The molecule has 1 aliphatic heterocycles. The minimum absolute atomic E-state index is 0. The maximum absolute atomic E-state index is 10.9. The molecule has 0 aromatic carbocycles. The van der Waals surface area contributed by atoms with E-state index < -0.39 is 5.97 Å². The Morgan fingerprint density at radius 2 is 2.35 bits per heavy atom. The van der Waals surface area contributed by atoms with Crippen LogP contribution in [0.2, 0.25) is 0 Å². The van der Waals surface area contributed by atoms with E-state index in [2.05, 4.69) is 15.2 Å². The van der Waals surface area contributed by atoms with Gasteiger partial charge in [-0.05, 0) is 19.4 Å². The zero-order chi connectivity index (χ0) is 13.8. The number of rotatable bonds is 4. The number of aromatic nitrogens is 1. The van der Waals surface area contributed by atoms with Gasteiger partial charge in [0.15, 0.2) is 5.13 Å². The number of carboxylic acid groups (broad SMARTS) is 1. The van der Waals surface area contributed by atoms with Crippen molar-refractivity contribution >= 4 is 28.3 Å². The molecule has 2 heterocycles. The summed E-state index contributed by atoms with van der Waals surface area (Å²) in [5, 5.41) is 14.1. The molecular weight excluding hydrogens is 273 g/mol. The molecule has 6 nitrogen and oxygen atoms in total. The van der Waals surface area contributed by atoms with E-state index in [-0.39, 0.29) is 30.7 Å². The van der Waals surface area contributed by atoms with E-state index in [4.69, 9.17) is 0 Å². The summed E-state index contributed by atoms with van der Waals surface area (Å²) in [5.41, 5.74) is 0. The van der Waals surface area contributed by atoms with E-state index in [0.29, 0.717) is 24.6 Å². The Balaban J connectivity index is 0.00000200. The Kier molecular flexibility index (Phi) is 6.69. The van der Waals surface area contributed by atoms with Gasteiger partial charge in [0.2, 0.25) is 5.91 Å². The molecule has 2 rings (SSSR count). The average molecular weight is 289 g/mol. The Morgan fingerprint density at radius 1 is 1.60 bits per heavy atom. The second-order valence-corrected chi connectivity index (χ2v) is 5.82. The topological polar surface area (TPSA) is 85.4 Å². The third kappa shape index (κ3) is 4.91. The molecule has 1 fully saturated rings. The number of thiazole rings is 1. The molecular formula is C12H16LiN3O3S. The first-order valence-electron chi connectivity index (χ1n) is 6.20. The largest absolute Gasteiger partial charge is 1.00 e. The molecule has 8 heteroatoms. The van der Waals surface area contributed by atoms with Crippen molar-refractivity contribution in [3.8, 4) is 0 Å². The molecule has 0 aliphatic carbocycles. The second kappa shape index (κ2) is 7.79. The number of carbonyl (C=O) groups is 2. The van der Waals surface area contributed by atoms with Crippen LogP contribution in [0.5, 0.6) is 0 Å². The molecule has 1 unspecified atom stereocenters. The van der Waals surface area contributed by atoms with Crippen molar-refractivity contribution in [2.24, 2.45) is 5.92 Å². The van der Waals surface area contributed by atoms with E-state index in [1.165, 1.54) is 18.3 Å². The van der Waals surface area contributed by atoms with Crippen LogP contribution in [-0.2, 0) is 16.1 Å². The number of carbonyl (C=O) groups excluding carboxylic acids is 2. The van der Waals surface area contributed by atoms with Gasteiger partial charge in [-0.2, -0.15) is 0 Å². The van der Waals surface area contributed by atoms with E-state index in [9.17, 15) is 14.7 Å². The van der Waals surface area contributed by atoms with Crippen molar-refractivity contribution in [3.05, 3.63) is 11.1 Å². The van der Waals surface area contributed by atoms with Gasteiger partial charge < -0.3 is 15.2 Å². The number of amides is 1. The van der Waals surface area contributed by atoms with Crippen molar-refractivity contribution in [1.29, 1.82) is 0 Å². The maximum atomic E-state index is 10.9. The summed E-state index contributed by atoms with van der Waals surface area (Å²) in [6, 6.07) is 0. The predicted molar refractivity (Wildman–Crippen MR) is 69.4 cm³/mol. The van der Waals surface area contributed by atoms with Gasteiger partial charge in [-0.1, -0.05) is 0 Å². The Labute approximate surface area is 133 Å². The Hall–Kier alpha value is -0.873. The SMILES string of the molecule is CC(=O)Nc1ncc(CN2CCCC(C(=O)[O-])C2)s1.[Li+]. The quantitative estimate of drug-likeness (QED) is 0.600. The van der Waals surface area contributed by atoms with Crippen LogP contribution in [0.3, 0.4) is 0 Å². The summed E-state index contributed by atoms with van der Waals surface area (Å²) in [7, 11) is 0. The van der Waals surface area contributed by atoms with E-state index in [1.807, 2.05) is 0 Å². The molecule has 1 amide bonds. The van der Waals surface area contributed by atoms with Crippen LogP contribution in [0.15, 0.2) is 6.20 Å². The van der Waals surface area contributed by atoms with Gasteiger partial charge in [0, 0.05) is 43.0 Å². The van der Waals surface area contributed by atoms with Crippen molar-refractivity contribution in [2.75, 3.05) is 18.4 Å². The Morgan fingerprint density at radius 3 is 3.00 bits per heavy atom. The van der Waals surface area contributed by atoms with Crippen LogP contribution in [0, 0.1) is 5.92 Å². The number of likely N-dealkylation sites (tertiary alicyclic amines) is 1. The molecule has 0 radical (unpaired) electrons. The number of nitrogens with zero attached hydrogens (tertiary/aromatic N) is 2. The molecule has 1 N–H and O–H groups in total. The third-order valence-corrected chi connectivity index (χ3v) is 3.95. The number of anilines is 1. The monoisotopic (exact) mass is 289 g/mol. The summed E-state index contributed by atoms with van der Waals surface area (Å²) in [5.74, 6) is -1.49. The third-order valence-electron chi connectivity index (χ3n) is 3.05. The average Bonchev–Trinajstić information content (AvgIpc) is 2.76. The molecule has 1 atom stereocenters. The summed E-state index contributed by atoms with van der Waals surface area (Å²) in [6.07, 6.45) is 3.28. The Bertz CT molecular complexity index is 480. The van der Waals surface area contributed by atoms with Gasteiger partial charge in [0.05, 0.1) is 0 Å². The molecule has 20 heavy (non-hydrogen) atoms. The molecule has 0 spiro atoms. The molecule has 0 saturated carbocycles. The molecule has 0 bridgehead atoms. The predicted octanol–water partition coefficient (Wildman–Crippen LogP) is -2.93. The van der Waals surface area contributed by atoms with Crippen LogP contribution >= 0.6 is 11.3 Å². The number of hydrogen-bond acceptors (Lipinski definition) is 6. The number of nitrogens with one attached hydrogen (secondary N) is 1. The number of piperidine rings is 1. The first-order valence-corrected chi connectivity index (χ1v) is 7.02. The van der Waals surface area contributed by atoms with Crippen LogP contribution in [0.4, 0.5) is 5.13 Å². The number of carboxylic acids is 1. The van der Waals surface area contributed by atoms with Crippen molar-refractivity contribution in [1.82, 2.24) is 9.88 Å². The van der Waals surface area contributed by atoms with Crippen molar-refractivity contribution in [2.45, 2.75) is 26.3 Å². The van der Waals surface area contributed by atoms with Gasteiger partial charge in [-0.3, -0.25) is 9.69 Å². The normalized spacial score (nSPS) is 19.1. The first-order chi connectivity index (χ1) is 9.04. The summed E-state index contributed by atoms with van der Waals surface area (Å²) >= 11 is 1.42. The minimum atomic E-state index is -0.965. The van der Waals surface area contributed by atoms with Crippen LogP contribution in [0.25, 0.3) is 0 Å². The number of aliphatic carboxylic acids is 1. The van der Waals surface area contributed by atoms with E-state index in [1.54, 1.807) is 6.20 Å². The molecule has 1 aromatic heterocycles. The zero-order valence-corrected chi connectivity index (χ0v) is 12.5. The zero-order valence-electron chi connectivity index (χ0n) is 11.7. The fourth-order valence-electron chi connectivity index (χ4n) is 2.20. The summed E-state index contributed by atoms with van der Waals surface area (Å²) in [4.78, 5) is 29.0. The van der Waals surface area contributed by atoms with Crippen LogP contribution in [0.1, 0.15) is 24.6 Å². The summed E-state index contributed by atoms with van der Waals surface area (Å²) < 4.78 is 0. The van der Waals surface area contributed by atoms with Gasteiger partial charge in [-0.15, -0.1) is 11.3 Å². The van der Waals surface area contributed by atoms with E-state index in [0.717, 1.165) is 17.8 Å². The molecule has 1 aliphatic rings. The number of hydrogen-bond donors (Lipinski definition) is 1. The minimum Gasteiger partial charge on any atom is -0.550 e. The van der Waals surface area contributed by atoms with Crippen molar-refractivity contribution in [3.63, 3.8) is 0 Å². The first kappa shape index (κ1) is 17.2. The van der Waals surface area contributed by atoms with Gasteiger partial charge in [0.1, 0.15) is 0 Å². The fourth-order valence-corrected chi connectivity index (χ4v) is 3.10.